The molecular weight excluding hydrogens is 394 g/mol. The SMILES string of the molecule is COCCn1nc(C)cc1Nc1nccc(-c2cc(C#N)c3c(c2)[C@](C)(CO)CN3)n1. The molecule has 0 unspecified atom stereocenters. The van der Waals surface area contributed by atoms with Gasteiger partial charge in [-0.25, -0.2) is 14.6 Å². The number of hydrogen-bond acceptors (Lipinski definition) is 8. The first-order chi connectivity index (χ1) is 15.0. The molecule has 1 atom stereocenters. The fourth-order valence-electron chi connectivity index (χ4n) is 3.75. The van der Waals surface area contributed by atoms with Crippen molar-refractivity contribution < 1.29 is 9.84 Å². The molecule has 0 fully saturated rings. The number of rotatable bonds is 7. The third-order valence-corrected chi connectivity index (χ3v) is 5.51. The molecule has 0 saturated carbocycles. The number of nitriles is 1. The van der Waals surface area contributed by atoms with Gasteiger partial charge in [-0.05, 0) is 30.7 Å². The Balaban J connectivity index is 1.69. The van der Waals surface area contributed by atoms with Crippen LogP contribution >= 0.6 is 0 Å². The van der Waals surface area contributed by atoms with Crippen LogP contribution < -0.4 is 10.6 Å². The maximum absolute atomic E-state index is 9.92. The second-order valence-corrected chi connectivity index (χ2v) is 7.91. The Morgan fingerprint density at radius 1 is 1.39 bits per heavy atom. The van der Waals surface area contributed by atoms with Crippen LogP contribution in [0.2, 0.25) is 0 Å². The molecule has 1 aliphatic heterocycles. The Morgan fingerprint density at radius 2 is 2.23 bits per heavy atom. The molecule has 0 bridgehead atoms. The Morgan fingerprint density at radius 3 is 2.97 bits per heavy atom. The van der Waals surface area contributed by atoms with E-state index >= 15 is 0 Å². The number of aryl methyl sites for hydroxylation is 1. The highest BCUT2D eigenvalue weighted by Gasteiger charge is 2.35. The topological polar surface area (TPSA) is 121 Å². The van der Waals surface area contributed by atoms with Crippen molar-refractivity contribution in [3.8, 4) is 17.3 Å². The van der Waals surface area contributed by atoms with Crippen molar-refractivity contribution in [1.82, 2.24) is 19.7 Å². The number of anilines is 3. The summed E-state index contributed by atoms with van der Waals surface area (Å²) in [4.78, 5) is 9.00. The smallest absolute Gasteiger partial charge is 0.228 e. The molecule has 1 aliphatic rings. The minimum atomic E-state index is -0.448. The second kappa shape index (κ2) is 8.34. The number of benzene rings is 1. The van der Waals surface area contributed by atoms with E-state index in [-0.39, 0.29) is 6.61 Å². The van der Waals surface area contributed by atoms with Gasteiger partial charge in [0, 0.05) is 36.9 Å². The van der Waals surface area contributed by atoms with Gasteiger partial charge in [0.05, 0.1) is 42.4 Å². The van der Waals surface area contributed by atoms with Gasteiger partial charge in [-0.15, -0.1) is 0 Å². The van der Waals surface area contributed by atoms with E-state index in [2.05, 4.69) is 31.8 Å². The van der Waals surface area contributed by atoms with Crippen molar-refractivity contribution in [2.45, 2.75) is 25.8 Å². The van der Waals surface area contributed by atoms with E-state index in [1.54, 1.807) is 19.4 Å². The minimum Gasteiger partial charge on any atom is -0.395 e. The number of nitrogens with one attached hydrogen (secondary N) is 2. The molecule has 0 saturated heterocycles. The van der Waals surface area contributed by atoms with Crippen LogP contribution in [0.5, 0.6) is 0 Å². The van der Waals surface area contributed by atoms with Crippen molar-refractivity contribution in [3.05, 3.63) is 47.3 Å². The van der Waals surface area contributed by atoms with E-state index < -0.39 is 5.41 Å². The van der Waals surface area contributed by atoms with E-state index in [4.69, 9.17) is 4.74 Å². The molecule has 9 heteroatoms. The van der Waals surface area contributed by atoms with E-state index in [1.165, 1.54) is 0 Å². The summed E-state index contributed by atoms with van der Waals surface area (Å²) in [5.41, 5.74) is 4.15. The molecule has 0 spiro atoms. The predicted molar refractivity (Wildman–Crippen MR) is 117 cm³/mol. The van der Waals surface area contributed by atoms with Crippen LogP contribution in [0.4, 0.5) is 17.5 Å². The molecule has 1 aromatic carbocycles. The minimum absolute atomic E-state index is 0.0112. The van der Waals surface area contributed by atoms with E-state index in [9.17, 15) is 10.4 Å². The molecule has 31 heavy (non-hydrogen) atoms. The maximum Gasteiger partial charge on any atom is 0.228 e. The first-order valence-corrected chi connectivity index (χ1v) is 10.0. The number of methoxy groups -OCH3 is 1. The normalized spacial score (nSPS) is 17.1. The second-order valence-electron chi connectivity index (χ2n) is 7.91. The zero-order chi connectivity index (χ0) is 22.0. The van der Waals surface area contributed by atoms with E-state index in [0.717, 1.165) is 28.3 Å². The van der Waals surface area contributed by atoms with Gasteiger partial charge in [-0.1, -0.05) is 6.92 Å². The lowest BCUT2D eigenvalue weighted by molar-refractivity contribution is 0.184. The molecule has 3 N–H and O–H groups in total. The molecule has 2 aromatic heterocycles. The molecule has 0 aliphatic carbocycles. The monoisotopic (exact) mass is 419 g/mol. The summed E-state index contributed by atoms with van der Waals surface area (Å²) >= 11 is 0. The number of aromatic nitrogens is 4. The van der Waals surface area contributed by atoms with Crippen molar-refractivity contribution >= 4 is 17.5 Å². The summed E-state index contributed by atoms with van der Waals surface area (Å²) in [6.45, 7) is 5.62. The fraction of sp³-hybridized carbons (Fsp3) is 0.364. The quantitative estimate of drug-likeness (QED) is 0.534. The van der Waals surface area contributed by atoms with Crippen LogP contribution in [0, 0.1) is 18.3 Å². The van der Waals surface area contributed by atoms with E-state index in [0.29, 0.717) is 36.9 Å². The maximum atomic E-state index is 9.92. The van der Waals surface area contributed by atoms with Gasteiger partial charge in [-0.2, -0.15) is 10.4 Å². The summed E-state index contributed by atoms with van der Waals surface area (Å²) in [5, 5.41) is 30.5. The Bertz CT molecular complexity index is 1150. The van der Waals surface area contributed by atoms with Crippen LogP contribution in [-0.2, 0) is 16.7 Å². The van der Waals surface area contributed by atoms with Crippen LogP contribution in [0.15, 0.2) is 30.5 Å². The molecule has 4 rings (SSSR count). The Kier molecular flexibility index (Phi) is 5.59. The highest BCUT2D eigenvalue weighted by molar-refractivity contribution is 5.76. The van der Waals surface area contributed by atoms with Gasteiger partial charge in [0.1, 0.15) is 11.9 Å². The highest BCUT2D eigenvalue weighted by atomic mass is 16.5. The van der Waals surface area contributed by atoms with Crippen molar-refractivity contribution in [3.63, 3.8) is 0 Å². The largest absolute Gasteiger partial charge is 0.395 e. The number of nitrogens with zero attached hydrogens (tertiary/aromatic N) is 5. The average molecular weight is 419 g/mol. The predicted octanol–water partition coefficient (Wildman–Crippen LogP) is 2.59. The summed E-state index contributed by atoms with van der Waals surface area (Å²) in [7, 11) is 1.65. The number of aliphatic hydroxyl groups excluding tert-OH is 1. The molecule has 0 amide bonds. The summed E-state index contributed by atoms with van der Waals surface area (Å²) in [5.74, 6) is 1.20. The highest BCUT2D eigenvalue weighted by Crippen LogP contribution is 2.41. The molecule has 160 valence electrons. The molecule has 3 heterocycles. The Labute approximate surface area is 180 Å². The zero-order valence-corrected chi connectivity index (χ0v) is 17.8. The van der Waals surface area contributed by atoms with Crippen LogP contribution in [0.3, 0.4) is 0 Å². The summed E-state index contributed by atoms with van der Waals surface area (Å²) in [6.07, 6.45) is 1.68. The lowest BCUT2D eigenvalue weighted by Gasteiger charge is -2.21. The van der Waals surface area contributed by atoms with Crippen LogP contribution in [0.1, 0.15) is 23.7 Å². The summed E-state index contributed by atoms with van der Waals surface area (Å²) in [6, 6.07) is 9.79. The molecule has 3 aromatic rings. The summed E-state index contributed by atoms with van der Waals surface area (Å²) < 4.78 is 6.97. The number of ether oxygens (including phenoxy) is 1. The average Bonchev–Trinajstić information content (AvgIpc) is 3.31. The first kappa shape index (κ1) is 20.8. The third kappa shape index (κ3) is 3.95. The number of aliphatic hydroxyl groups is 1. The van der Waals surface area contributed by atoms with Gasteiger partial charge in [-0.3, -0.25) is 0 Å². The van der Waals surface area contributed by atoms with Gasteiger partial charge in [0.2, 0.25) is 5.95 Å². The lowest BCUT2D eigenvalue weighted by Crippen LogP contribution is -2.28. The van der Waals surface area contributed by atoms with Gasteiger partial charge in [0.15, 0.2) is 0 Å². The van der Waals surface area contributed by atoms with Crippen molar-refractivity contribution in [1.29, 1.82) is 5.26 Å². The number of hydrogen-bond donors (Lipinski definition) is 3. The Hall–Kier alpha value is -3.48. The lowest BCUT2D eigenvalue weighted by atomic mass is 9.83. The molecule has 9 nitrogen and oxygen atoms in total. The first-order valence-electron chi connectivity index (χ1n) is 10.0. The zero-order valence-electron chi connectivity index (χ0n) is 17.8. The van der Waals surface area contributed by atoms with Crippen LogP contribution in [-0.4, -0.2) is 51.7 Å². The number of fused-ring (bicyclic) bond motifs is 1. The fourth-order valence-corrected chi connectivity index (χ4v) is 3.75. The third-order valence-electron chi connectivity index (χ3n) is 5.51. The molecule has 0 radical (unpaired) electrons. The van der Waals surface area contributed by atoms with Gasteiger partial charge in [0.25, 0.3) is 0 Å². The standard InChI is InChI=1S/C22H25N7O2/c1-14-8-19(29(28-14)6-7-31-3)27-21-24-5-4-18(26-21)15-9-16(11-23)20-17(10-15)22(2,13-30)12-25-20/h4-5,8-10,25,30H,6-7,12-13H2,1-3H3,(H,24,26,27)/t22-/m0/s1. The van der Waals surface area contributed by atoms with E-state index in [1.807, 2.05) is 36.7 Å². The van der Waals surface area contributed by atoms with Crippen molar-refractivity contribution in [2.75, 3.05) is 37.5 Å². The van der Waals surface area contributed by atoms with Crippen LogP contribution in [0.25, 0.3) is 11.3 Å². The van der Waals surface area contributed by atoms with Crippen molar-refractivity contribution in [2.24, 2.45) is 0 Å². The molecular formula is C22H25N7O2. The van der Waals surface area contributed by atoms with Gasteiger partial charge < -0.3 is 20.5 Å². The van der Waals surface area contributed by atoms with Gasteiger partial charge >= 0.3 is 0 Å².